The smallest absolute Gasteiger partial charge is 0.140 e. The molecule has 0 aliphatic rings. The van der Waals surface area contributed by atoms with Crippen molar-refractivity contribution in [2.75, 3.05) is 5.32 Å². The lowest BCUT2D eigenvalue weighted by Gasteiger charge is -2.10. The minimum atomic E-state index is 0.634. The van der Waals surface area contributed by atoms with E-state index in [1.165, 1.54) is 5.39 Å². The van der Waals surface area contributed by atoms with Gasteiger partial charge >= 0.3 is 0 Å². The Morgan fingerprint density at radius 2 is 1.88 bits per heavy atom. The molecular weight excluding hydrogens is 322 g/mol. The number of nitrogens with zero attached hydrogens (tertiary/aromatic N) is 2. The van der Waals surface area contributed by atoms with Gasteiger partial charge in [-0.1, -0.05) is 18.2 Å². The standard InChI is InChI=1S/C21H17N5/c1-2-8-22-16(3-1)13-25-20-12-18(17-7-10-24-21(17)26-20)15-5-4-14-6-9-23-19(14)11-15/h1-12,23H,13H2,(H2,24,25,26). The summed E-state index contributed by atoms with van der Waals surface area (Å²) in [5.74, 6) is 0.826. The molecule has 126 valence electrons. The van der Waals surface area contributed by atoms with Crippen LogP contribution in [0.2, 0.25) is 0 Å². The number of hydrogen-bond acceptors (Lipinski definition) is 3. The van der Waals surface area contributed by atoms with E-state index in [0.29, 0.717) is 6.54 Å². The van der Waals surface area contributed by atoms with E-state index in [2.05, 4.69) is 61.7 Å². The maximum Gasteiger partial charge on any atom is 0.140 e. The first-order valence-electron chi connectivity index (χ1n) is 8.56. The second-order valence-corrected chi connectivity index (χ2v) is 6.25. The molecule has 0 fully saturated rings. The Labute approximate surface area is 150 Å². The first kappa shape index (κ1) is 14.7. The molecule has 5 aromatic rings. The van der Waals surface area contributed by atoms with E-state index in [4.69, 9.17) is 0 Å². The van der Waals surface area contributed by atoms with E-state index in [-0.39, 0.29) is 0 Å². The number of hydrogen-bond donors (Lipinski definition) is 3. The molecule has 0 radical (unpaired) electrons. The second-order valence-electron chi connectivity index (χ2n) is 6.25. The van der Waals surface area contributed by atoms with Crippen LogP contribution in [-0.2, 0) is 6.54 Å². The van der Waals surface area contributed by atoms with Crippen molar-refractivity contribution in [1.82, 2.24) is 19.9 Å². The van der Waals surface area contributed by atoms with Gasteiger partial charge in [-0.25, -0.2) is 4.98 Å². The Morgan fingerprint density at radius 3 is 2.81 bits per heavy atom. The van der Waals surface area contributed by atoms with Crippen LogP contribution in [-0.4, -0.2) is 19.9 Å². The predicted octanol–water partition coefficient (Wildman–Crippen LogP) is 4.72. The average Bonchev–Trinajstić information content (AvgIpc) is 3.35. The Morgan fingerprint density at radius 1 is 0.923 bits per heavy atom. The van der Waals surface area contributed by atoms with Gasteiger partial charge in [-0.3, -0.25) is 4.98 Å². The van der Waals surface area contributed by atoms with E-state index in [1.807, 2.05) is 30.6 Å². The summed E-state index contributed by atoms with van der Waals surface area (Å²) in [5, 5.41) is 5.70. The zero-order valence-electron chi connectivity index (χ0n) is 14.0. The number of aromatic amines is 2. The van der Waals surface area contributed by atoms with Gasteiger partial charge in [0.15, 0.2) is 0 Å². The molecule has 0 aliphatic carbocycles. The summed E-state index contributed by atoms with van der Waals surface area (Å²) in [6.07, 6.45) is 5.69. The van der Waals surface area contributed by atoms with Crippen LogP contribution in [0.1, 0.15) is 5.69 Å². The summed E-state index contributed by atoms with van der Waals surface area (Å²) in [6, 6.07) is 18.6. The molecule has 0 atom stereocenters. The van der Waals surface area contributed by atoms with Gasteiger partial charge in [0.25, 0.3) is 0 Å². The first-order valence-corrected chi connectivity index (χ1v) is 8.56. The normalized spacial score (nSPS) is 11.2. The maximum absolute atomic E-state index is 4.69. The van der Waals surface area contributed by atoms with Crippen LogP contribution in [0.15, 0.2) is 73.2 Å². The molecule has 0 saturated carbocycles. The van der Waals surface area contributed by atoms with Crippen LogP contribution < -0.4 is 5.32 Å². The monoisotopic (exact) mass is 339 g/mol. The van der Waals surface area contributed by atoms with Crippen molar-refractivity contribution >= 4 is 27.8 Å². The summed E-state index contributed by atoms with van der Waals surface area (Å²) < 4.78 is 0. The van der Waals surface area contributed by atoms with Gasteiger partial charge in [0.2, 0.25) is 0 Å². The molecule has 0 aliphatic heterocycles. The zero-order chi connectivity index (χ0) is 17.3. The van der Waals surface area contributed by atoms with Crippen molar-refractivity contribution < 1.29 is 0 Å². The molecule has 5 nitrogen and oxygen atoms in total. The molecule has 0 unspecified atom stereocenters. The Kier molecular flexibility index (Phi) is 3.42. The minimum absolute atomic E-state index is 0.634. The minimum Gasteiger partial charge on any atom is -0.364 e. The van der Waals surface area contributed by atoms with Crippen molar-refractivity contribution in [3.63, 3.8) is 0 Å². The van der Waals surface area contributed by atoms with Crippen LogP contribution in [0, 0.1) is 0 Å². The largest absolute Gasteiger partial charge is 0.364 e. The number of benzene rings is 1. The summed E-state index contributed by atoms with van der Waals surface area (Å²) in [5.41, 5.74) is 5.29. The van der Waals surface area contributed by atoms with Crippen molar-refractivity contribution in [3.05, 3.63) is 78.9 Å². The number of H-pyrrole nitrogens is 2. The van der Waals surface area contributed by atoms with E-state index < -0.39 is 0 Å². The molecule has 3 N–H and O–H groups in total. The van der Waals surface area contributed by atoms with Crippen molar-refractivity contribution in [2.24, 2.45) is 0 Å². The molecule has 26 heavy (non-hydrogen) atoms. The van der Waals surface area contributed by atoms with Crippen molar-refractivity contribution in [3.8, 4) is 11.1 Å². The quantitative estimate of drug-likeness (QED) is 0.444. The third-order valence-corrected chi connectivity index (χ3v) is 4.57. The van der Waals surface area contributed by atoms with E-state index in [1.54, 1.807) is 6.20 Å². The lowest BCUT2D eigenvalue weighted by atomic mass is 10.0. The third kappa shape index (κ3) is 2.59. The molecule has 5 rings (SSSR count). The van der Waals surface area contributed by atoms with Gasteiger partial charge in [-0.15, -0.1) is 0 Å². The van der Waals surface area contributed by atoms with Gasteiger partial charge in [-0.05, 0) is 52.9 Å². The number of anilines is 1. The maximum atomic E-state index is 4.69. The lowest BCUT2D eigenvalue weighted by molar-refractivity contribution is 1.03. The number of aromatic nitrogens is 4. The van der Waals surface area contributed by atoms with Crippen LogP contribution in [0.3, 0.4) is 0 Å². The van der Waals surface area contributed by atoms with Crippen LogP contribution >= 0.6 is 0 Å². The SMILES string of the molecule is c1ccc(CNc2cc(-c3ccc4cc[nH]c4c3)c3cc[nH]c3n2)nc1. The van der Waals surface area contributed by atoms with Gasteiger partial charge in [0.1, 0.15) is 11.5 Å². The molecular formula is C21H17N5. The Hall–Kier alpha value is -3.60. The number of nitrogens with one attached hydrogen (secondary N) is 3. The zero-order valence-corrected chi connectivity index (χ0v) is 14.0. The molecule has 4 aromatic heterocycles. The van der Waals surface area contributed by atoms with Crippen LogP contribution in [0.4, 0.5) is 5.82 Å². The fourth-order valence-corrected chi connectivity index (χ4v) is 3.27. The molecule has 0 spiro atoms. The van der Waals surface area contributed by atoms with Gasteiger partial charge in [0, 0.05) is 29.5 Å². The number of pyridine rings is 2. The fraction of sp³-hybridized carbons (Fsp3) is 0.0476. The summed E-state index contributed by atoms with van der Waals surface area (Å²) in [7, 11) is 0. The van der Waals surface area contributed by atoms with Gasteiger partial charge in [-0.2, -0.15) is 0 Å². The van der Waals surface area contributed by atoms with Crippen LogP contribution in [0.5, 0.6) is 0 Å². The summed E-state index contributed by atoms with van der Waals surface area (Å²) in [4.78, 5) is 15.6. The molecule has 0 saturated heterocycles. The lowest BCUT2D eigenvalue weighted by Crippen LogP contribution is -2.03. The predicted molar refractivity (Wildman–Crippen MR) is 105 cm³/mol. The van der Waals surface area contributed by atoms with E-state index in [0.717, 1.165) is 39.2 Å². The van der Waals surface area contributed by atoms with Crippen molar-refractivity contribution in [2.45, 2.75) is 6.54 Å². The molecule has 4 heterocycles. The highest BCUT2D eigenvalue weighted by Gasteiger charge is 2.10. The first-order chi connectivity index (χ1) is 12.9. The second kappa shape index (κ2) is 6.04. The summed E-state index contributed by atoms with van der Waals surface area (Å²) in [6.45, 7) is 0.634. The summed E-state index contributed by atoms with van der Waals surface area (Å²) >= 11 is 0. The van der Waals surface area contributed by atoms with E-state index >= 15 is 0 Å². The molecule has 1 aromatic carbocycles. The molecule has 0 bridgehead atoms. The number of fused-ring (bicyclic) bond motifs is 2. The van der Waals surface area contributed by atoms with Gasteiger partial charge < -0.3 is 15.3 Å². The third-order valence-electron chi connectivity index (χ3n) is 4.57. The average molecular weight is 339 g/mol. The highest BCUT2D eigenvalue weighted by atomic mass is 15.0. The van der Waals surface area contributed by atoms with Gasteiger partial charge in [0.05, 0.1) is 12.2 Å². The fourth-order valence-electron chi connectivity index (χ4n) is 3.27. The van der Waals surface area contributed by atoms with E-state index in [9.17, 15) is 0 Å². The topological polar surface area (TPSA) is 69.4 Å². The van der Waals surface area contributed by atoms with Crippen molar-refractivity contribution in [1.29, 1.82) is 0 Å². The Balaban J connectivity index is 1.56. The highest BCUT2D eigenvalue weighted by Crippen LogP contribution is 2.31. The Bertz CT molecular complexity index is 1190. The molecule has 0 amide bonds. The number of rotatable bonds is 4. The molecule has 5 heteroatoms. The highest BCUT2D eigenvalue weighted by molar-refractivity contribution is 5.97. The van der Waals surface area contributed by atoms with Crippen LogP contribution in [0.25, 0.3) is 33.1 Å².